The standard InChI is InChI=1S/C22H22N6O/c29-22(15-17-16-23-19-6-2-1-5-18(17)19)28-13-11-27(12-14-28)21-8-7-20(24-25-21)26-9-3-4-10-26/h1-10,16,23H,11-15H2. The molecule has 0 spiro atoms. The van der Waals surface area contributed by atoms with Gasteiger partial charge in [-0.05, 0) is 35.9 Å². The second-order valence-corrected chi connectivity index (χ2v) is 7.24. The minimum absolute atomic E-state index is 0.170. The Morgan fingerprint density at radius 2 is 1.62 bits per heavy atom. The molecule has 1 N–H and O–H groups in total. The first kappa shape index (κ1) is 17.5. The number of hydrogen-bond donors (Lipinski definition) is 1. The van der Waals surface area contributed by atoms with E-state index >= 15 is 0 Å². The molecule has 0 atom stereocenters. The highest BCUT2D eigenvalue weighted by molar-refractivity contribution is 5.89. The molecular formula is C22H22N6O. The SMILES string of the molecule is O=C(Cc1c[nH]c2ccccc12)N1CCN(c2ccc(-n3cccc3)nn2)CC1. The Morgan fingerprint density at radius 1 is 0.897 bits per heavy atom. The van der Waals surface area contributed by atoms with Crippen molar-refractivity contribution in [1.82, 2.24) is 24.6 Å². The number of fused-ring (bicyclic) bond motifs is 1. The van der Waals surface area contributed by atoms with Crippen LogP contribution in [0.1, 0.15) is 5.56 Å². The van der Waals surface area contributed by atoms with Crippen LogP contribution in [0.15, 0.2) is 67.1 Å². The summed E-state index contributed by atoms with van der Waals surface area (Å²) < 4.78 is 1.93. The molecule has 0 radical (unpaired) electrons. The maximum absolute atomic E-state index is 12.8. The lowest BCUT2D eigenvalue weighted by molar-refractivity contribution is -0.130. The predicted molar refractivity (Wildman–Crippen MR) is 112 cm³/mol. The molecule has 4 aromatic rings. The highest BCUT2D eigenvalue weighted by atomic mass is 16.2. The number of anilines is 1. The number of aromatic nitrogens is 4. The van der Waals surface area contributed by atoms with Gasteiger partial charge >= 0.3 is 0 Å². The van der Waals surface area contributed by atoms with Crippen LogP contribution in [0.25, 0.3) is 16.7 Å². The molecule has 1 fully saturated rings. The fourth-order valence-corrected chi connectivity index (χ4v) is 3.85. The van der Waals surface area contributed by atoms with Crippen molar-refractivity contribution < 1.29 is 4.79 Å². The number of nitrogens with one attached hydrogen (secondary N) is 1. The van der Waals surface area contributed by atoms with Gasteiger partial charge in [0.1, 0.15) is 0 Å². The molecule has 0 unspecified atom stereocenters. The number of amides is 1. The van der Waals surface area contributed by atoms with Gasteiger partial charge in [-0.3, -0.25) is 4.79 Å². The van der Waals surface area contributed by atoms with E-state index in [9.17, 15) is 4.79 Å². The Balaban J connectivity index is 1.20. The summed E-state index contributed by atoms with van der Waals surface area (Å²) in [4.78, 5) is 20.2. The van der Waals surface area contributed by atoms with Crippen molar-refractivity contribution in [2.75, 3.05) is 31.1 Å². The predicted octanol–water partition coefficient (Wildman–Crippen LogP) is 2.64. The number of piperazine rings is 1. The van der Waals surface area contributed by atoms with Crippen molar-refractivity contribution in [2.45, 2.75) is 6.42 Å². The van der Waals surface area contributed by atoms with E-state index in [1.165, 1.54) is 0 Å². The number of rotatable bonds is 4. The zero-order valence-corrected chi connectivity index (χ0v) is 16.0. The molecule has 1 amide bonds. The number of carbonyl (C=O) groups excluding carboxylic acids is 1. The summed E-state index contributed by atoms with van der Waals surface area (Å²) in [5.74, 6) is 1.82. The van der Waals surface area contributed by atoms with Gasteiger partial charge < -0.3 is 19.4 Å². The van der Waals surface area contributed by atoms with Crippen LogP contribution in [-0.4, -0.2) is 56.7 Å². The van der Waals surface area contributed by atoms with Gasteiger partial charge in [-0.25, -0.2) is 0 Å². The first-order valence-corrected chi connectivity index (χ1v) is 9.83. The monoisotopic (exact) mass is 386 g/mol. The summed E-state index contributed by atoms with van der Waals surface area (Å²) in [7, 11) is 0. The lowest BCUT2D eigenvalue weighted by Gasteiger charge is -2.35. The smallest absolute Gasteiger partial charge is 0.227 e. The van der Waals surface area contributed by atoms with Crippen LogP contribution < -0.4 is 4.90 Å². The van der Waals surface area contributed by atoms with Gasteiger partial charge in [0.15, 0.2) is 11.6 Å². The summed E-state index contributed by atoms with van der Waals surface area (Å²) in [6, 6.07) is 16.0. The van der Waals surface area contributed by atoms with Crippen LogP contribution in [0.4, 0.5) is 5.82 Å². The fourth-order valence-electron chi connectivity index (χ4n) is 3.85. The lowest BCUT2D eigenvalue weighted by atomic mass is 10.1. The van der Waals surface area contributed by atoms with Crippen LogP contribution in [0.5, 0.6) is 0 Å². The Bertz CT molecular complexity index is 1110. The average molecular weight is 386 g/mol. The zero-order valence-electron chi connectivity index (χ0n) is 16.0. The highest BCUT2D eigenvalue weighted by Gasteiger charge is 2.23. The molecule has 3 aromatic heterocycles. The van der Waals surface area contributed by atoms with E-state index in [1.54, 1.807) is 0 Å². The zero-order chi connectivity index (χ0) is 19.6. The summed E-state index contributed by atoms with van der Waals surface area (Å²) in [6.45, 7) is 2.92. The number of H-pyrrole nitrogens is 1. The van der Waals surface area contributed by atoms with Crippen LogP contribution in [-0.2, 0) is 11.2 Å². The van der Waals surface area contributed by atoms with Crippen LogP contribution in [0.2, 0.25) is 0 Å². The number of carbonyl (C=O) groups is 1. The maximum Gasteiger partial charge on any atom is 0.227 e. The van der Waals surface area contributed by atoms with E-state index in [4.69, 9.17) is 0 Å². The van der Waals surface area contributed by atoms with Crippen molar-refractivity contribution in [1.29, 1.82) is 0 Å². The Kier molecular flexibility index (Phi) is 4.48. The van der Waals surface area contributed by atoms with Crippen molar-refractivity contribution in [2.24, 2.45) is 0 Å². The second-order valence-electron chi connectivity index (χ2n) is 7.24. The molecule has 1 aliphatic rings. The van der Waals surface area contributed by atoms with Gasteiger partial charge in [-0.15, -0.1) is 10.2 Å². The molecule has 1 saturated heterocycles. The number of benzene rings is 1. The topological polar surface area (TPSA) is 70.1 Å². The normalized spacial score (nSPS) is 14.5. The molecule has 1 aliphatic heterocycles. The molecular weight excluding hydrogens is 364 g/mol. The minimum Gasteiger partial charge on any atom is -0.361 e. The molecule has 5 rings (SSSR count). The maximum atomic E-state index is 12.8. The molecule has 7 nitrogen and oxygen atoms in total. The number of nitrogens with zero attached hydrogens (tertiary/aromatic N) is 5. The van der Waals surface area contributed by atoms with Gasteiger partial charge in [0.25, 0.3) is 0 Å². The van der Waals surface area contributed by atoms with Crippen LogP contribution in [0.3, 0.4) is 0 Å². The largest absolute Gasteiger partial charge is 0.361 e. The molecule has 1 aromatic carbocycles. The quantitative estimate of drug-likeness (QED) is 0.585. The molecule has 0 saturated carbocycles. The molecule has 7 heteroatoms. The third kappa shape index (κ3) is 3.47. The summed E-state index contributed by atoms with van der Waals surface area (Å²) >= 11 is 0. The highest BCUT2D eigenvalue weighted by Crippen LogP contribution is 2.20. The van der Waals surface area contributed by atoms with E-state index in [0.717, 1.165) is 41.2 Å². The van der Waals surface area contributed by atoms with Gasteiger partial charge in [-0.1, -0.05) is 18.2 Å². The average Bonchev–Trinajstić information content (AvgIpc) is 3.45. The van der Waals surface area contributed by atoms with E-state index in [0.29, 0.717) is 19.5 Å². The number of para-hydroxylation sites is 1. The first-order valence-electron chi connectivity index (χ1n) is 9.83. The lowest BCUT2D eigenvalue weighted by Crippen LogP contribution is -2.49. The van der Waals surface area contributed by atoms with Crippen molar-refractivity contribution in [3.05, 3.63) is 72.7 Å². The van der Waals surface area contributed by atoms with Gasteiger partial charge in [0, 0.05) is 55.7 Å². The van der Waals surface area contributed by atoms with E-state index in [2.05, 4.69) is 26.1 Å². The molecule has 29 heavy (non-hydrogen) atoms. The van der Waals surface area contributed by atoms with E-state index in [-0.39, 0.29) is 5.91 Å². The Labute approximate surface area is 168 Å². The van der Waals surface area contributed by atoms with Gasteiger partial charge in [0.05, 0.1) is 6.42 Å². The molecule has 146 valence electrons. The summed E-state index contributed by atoms with van der Waals surface area (Å²) in [6.07, 6.45) is 6.26. The summed E-state index contributed by atoms with van der Waals surface area (Å²) in [5, 5.41) is 9.81. The molecule has 4 heterocycles. The minimum atomic E-state index is 0.170. The third-order valence-electron chi connectivity index (χ3n) is 5.48. The van der Waals surface area contributed by atoms with Crippen LogP contribution >= 0.6 is 0 Å². The Hall–Kier alpha value is -3.61. The Morgan fingerprint density at radius 3 is 2.38 bits per heavy atom. The van der Waals surface area contributed by atoms with Crippen molar-refractivity contribution in [3.63, 3.8) is 0 Å². The molecule has 0 aliphatic carbocycles. The van der Waals surface area contributed by atoms with Gasteiger partial charge in [-0.2, -0.15) is 0 Å². The number of hydrogen-bond acceptors (Lipinski definition) is 4. The van der Waals surface area contributed by atoms with Crippen LogP contribution in [0, 0.1) is 0 Å². The van der Waals surface area contributed by atoms with E-state index in [1.807, 2.05) is 70.5 Å². The summed E-state index contributed by atoms with van der Waals surface area (Å²) in [5.41, 5.74) is 2.13. The first-order chi connectivity index (χ1) is 14.3. The van der Waals surface area contributed by atoms with E-state index < -0.39 is 0 Å². The molecule has 0 bridgehead atoms. The second kappa shape index (κ2) is 7.43. The number of aromatic amines is 1. The van der Waals surface area contributed by atoms with Crippen molar-refractivity contribution in [3.8, 4) is 5.82 Å². The fraction of sp³-hybridized carbons (Fsp3) is 0.227. The van der Waals surface area contributed by atoms with Crippen molar-refractivity contribution >= 4 is 22.6 Å². The van der Waals surface area contributed by atoms with Gasteiger partial charge in [0.2, 0.25) is 5.91 Å². The third-order valence-corrected chi connectivity index (χ3v) is 5.48.